The summed E-state index contributed by atoms with van der Waals surface area (Å²) in [5, 5.41) is 0. The molecule has 7 radical (unpaired) electrons. The molecule has 4 nitrogen and oxygen atoms in total. The van der Waals surface area contributed by atoms with Gasteiger partial charge >= 0.3 is 0 Å². The van der Waals surface area contributed by atoms with Gasteiger partial charge in [0.2, 0.25) is 0 Å². The quantitative estimate of drug-likeness (QED) is 0.431. The third kappa shape index (κ3) is 818. The molecule has 0 saturated carbocycles. The summed E-state index contributed by atoms with van der Waals surface area (Å²) in [5.74, 6) is 0. The van der Waals surface area contributed by atoms with E-state index in [4.69, 9.17) is 19.6 Å². The van der Waals surface area contributed by atoms with Gasteiger partial charge in [0, 0.05) is 27.3 Å². The van der Waals surface area contributed by atoms with E-state index < -0.39 is 8.17 Å². The van der Waals surface area contributed by atoms with Crippen LogP contribution in [0.5, 0.6) is 0 Å². The Balaban J connectivity index is -0.0000000203. The van der Waals surface area contributed by atoms with E-state index in [1.165, 1.54) is 0 Å². The van der Waals surface area contributed by atoms with E-state index in [1.54, 1.807) is 20.8 Å². The molecule has 0 amide bonds. The van der Waals surface area contributed by atoms with Crippen LogP contribution in [-0.4, -0.2) is 37.1 Å². The molecule has 0 aromatic carbocycles. The largest absolute Gasteiger partial charge is 0.635 e. The Labute approximate surface area is 96.5 Å². The van der Waals surface area contributed by atoms with Crippen LogP contribution in [0.2, 0.25) is 0 Å². The standard InChI is InChI=1S/3C2H5.H3O4P.Pb/c3*1-2;1-5(2,3)4;/h3*1H2,2H3;(H3,1,2,3,4);/p-1. The van der Waals surface area contributed by atoms with Crippen LogP contribution >= 0.6 is 8.17 Å². The molecule has 0 heterocycles. The van der Waals surface area contributed by atoms with E-state index in [0.29, 0.717) is 0 Å². The average Bonchev–Trinajstić information content (AvgIpc) is 1.96. The van der Waals surface area contributed by atoms with E-state index in [9.17, 15) is 0 Å². The molecule has 12 heavy (non-hydrogen) atoms. The predicted molar refractivity (Wildman–Crippen MR) is 50.2 cm³/mol. The molecule has 2 N–H and O–H groups in total. The first-order chi connectivity index (χ1) is 5.00. The molecule has 0 aromatic rings. The van der Waals surface area contributed by atoms with Gasteiger partial charge in [-0.15, -0.1) is 0 Å². The Bertz CT molecular complexity index is 35.0. The van der Waals surface area contributed by atoms with E-state index in [2.05, 4.69) is 20.8 Å². The van der Waals surface area contributed by atoms with Crippen LogP contribution in [0.3, 0.4) is 0 Å². The van der Waals surface area contributed by atoms with Crippen molar-refractivity contribution in [1.82, 2.24) is 0 Å². The predicted octanol–water partition coefficient (Wildman–Crippen LogP) is -0.490. The fourth-order valence-corrected chi connectivity index (χ4v) is 0. The fourth-order valence-electron chi connectivity index (χ4n) is 0. The summed E-state index contributed by atoms with van der Waals surface area (Å²) in [6.45, 7) is 15.0. The summed E-state index contributed by atoms with van der Waals surface area (Å²) >= 11 is 0. The summed E-state index contributed by atoms with van der Waals surface area (Å²) in [7, 11) is -4.89. The Morgan fingerprint density at radius 2 is 0.833 bits per heavy atom. The second-order valence-electron chi connectivity index (χ2n) is 0.491. The topological polar surface area (TPSA) is 86.6 Å². The minimum absolute atomic E-state index is 0. The van der Waals surface area contributed by atoms with Crippen molar-refractivity contribution >= 4 is 35.5 Å². The van der Waals surface area contributed by atoms with Crippen molar-refractivity contribution in [2.45, 2.75) is 20.8 Å². The van der Waals surface area contributed by atoms with Gasteiger partial charge in [-0.2, -0.15) is 0 Å². The Kier molecular flexibility index (Phi) is 71.9. The van der Waals surface area contributed by atoms with Gasteiger partial charge in [0.25, 0.3) is 0 Å². The summed E-state index contributed by atoms with van der Waals surface area (Å²) in [5.41, 5.74) is 0. The molecule has 0 bridgehead atoms. The van der Waals surface area contributed by atoms with Gasteiger partial charge in [0.1, 0.15) is 0 Å². The van der Waals surface area contributed by atoms with Crippen LogP contribution in [0.4, 0.5) is 0 Å². The summed E-state index contributed by atoms with van der Waals surface area (Å²) in [6.07, 6.45) is 0. The summed E-state index contributed by atoms with van der Waals surface area (Å²) < 4.78 is 0. The molecule has 0 unspecified atom stereocenters. The molecular formula is C6H17O4PPb-. The zero-order chi connectivity index (χ0) is 10.5. The van der Waals surface area contributed by atoms with Crippen molar-refractivity contribution in [3.63, 3.8) is 0 Å². The zero-order valence-corrected chi connectivity index (χ0v) is 12.6. The van der Waals surface area contributed by atoms with E-state index in [0.717, 1.165) is 0 Å². The smallest absolute Gasteiger partial charge is 0.189 e. The number of phosphoric acid groups is 1. The van der Waals surface area contributed by atoms with Gasteiger partial charge in [-0.3, -0.25) is 0 Å². The van der Waals surface area contributed by atoms with Gasteiger partial charge < -0.3 is 9.79 Å². The SMILES string of the molecule is [CH2]C.[CH2]C.[CH2]C.[O-][P+]([O-])(O)O.[Pb]. The fraction of sp³-hybridized carbons (Fsp3) is 0.500. The third-order valence-electron chi connectivity index (χ3n) is 0. The molecule has 0 aliphatic heterocycles. The first kappa shape index (κ1) is 29.2. The van der Waals surface area contributed by atoms with Gasteiger partial charge in [-0.05, 0) is 0 Å². The maximum Gasteiger partial charge on any atom is 0.189 e. The normalized spacial score (nSPS) is 6.50. The molecule has 0 spiro atoms. The van der Waals surface area contributed by atoms with Crippen molar-refractivity contribution < 1.29 is 19.6 Å². The van der Waals surface area contributed by atoms with Crippen LogP contribution in [0.1, 0.15) is 20.8 Å². The zero-order valence-electron chi connectivity index (χ0n) is 7.78. The Morgan fingerprint density at radius 1 is 0.833 bits per heavy atom. The molecule has 0 fully saturated rings. The van der Waals surface area contributed by atoms with Crippen LogP contribution in [0.15, 0.2) is 0 Å². The van der Waals surface area contributed by atoms with E-state index in [1.807, 2.05) is 0 Å². The Hall–Kier alpha value is 1.19. The number of hydrogen-bond acceptors (Lipinski definition) is 4. The van der Waals surface area contributed by atoms with E-state index in [-0.39, 0.29) is 27.3 Å². The molecular weight excluding hydrogens is 374 g/mol. The number of hydrogen-bond donors (Lipinski definition) is 2. The van der Waals surface area contributed by atoms with Crippen LogP contribution in [-0.2, 0) is 0 Å². The second kappa shape index (κ2) is 29.5. The molecule has 6 heteroatoms. The van der Waals surface area contributed by atoms with Gasteiger partial charge in [0.15, 0.2) is 8.17 Å². The molecule has 0 aliphatic carbocycles. The van der Waals surface area contributed by atoms with Crippen molar-refractivity contribution in [2.75, 3.05) is 0 Å². The van der Waals surface area contributed by atoms with Crippen LogP contribution in [0, 0.1) is 20.8 Å². The minimum Gasteiger partial charge on any atom is -0.635 e. The minimum atomic E-state index is -4.89. The van der Waals surface area contributed by atoms with Crippen molar-refractivity contribution in [3.8, 4) is 0 Å². The number of rotatable bonds is 0. The average molecular weight is 391 g/mol. The van der Waals surface area contributed by atoms with Crippen molar-refractivity contribution in [3.05, 3.63) is 20.8 Å². The molecule has 0 aromatic heterocycles. The summed E-state index contributed by atoms with van der Waals surface area (Å²) in [6, 6.07) is 0. The molecule has 0 saturated heterocycles. The molecule has 0 aliphatic rings. The van der Waals surface area contributed by atoms with Gasteiger partial charge in [-0.25, -0.2) is 9.79 Å². The third-order valence-corrected chi connectivity index (χ3v) is 0. The van der Waals surface area contributed by atoms with Gasteiger partial charge in [-0.1, -0.05) is 41.5 Å². The monoisotopic (exact) mass is 392 g/mol. The molecule has 0 atom stereocenters. The molecule has 75 valence electrons. The van der Waals surface area contributed by atoms with Crippen LogP contribution in [0.25, 0.3) is 0 Å². The summed E-state index contributed by atoms with van der Waals surface area (Å²) in [4.78, 5) is 31.7. The van der Waals surface area contributed by atoms with Crippen molar-refractivity contribution in [1.29, 1.82) is 0 Å². The van der Waals surface area contributed by atoms with Crippen LogP contribution < -0.4 is 9.79 Å². The second-order valence-corrected chi connectivity index (χ2v) is 1.47. The van der Waals surface area contributed by atoms with Crippen molar-refractivity contribution in [2.24, 2.45) is 0 Å². The first-order valence-electron chi connectivity index (χ1n) is 2.89. The Morgan fingerprint density at radius 3 is 0.833 bits per heavy atom. The van der Waals surface area contributed by atoms with Gasteiger partial charge in [0.05, 0.1) is 0 Å². The maximum atomic E-state index is 8.77. The maximum absolute atomic E-state index is 8.77. The van der Waals surface area contributed by atoms with E-state index >= 15 is 0 Å². The molecule has 0 rings (SSSR count). The first-order valence-corrected chi connectivity index (χ1v) is 4.42.